The Morgan fingerprint density at radius 3 is 2.67 bits per heavy atom. The van der Waals surface area contributed by atoms with Gasteiger partial charge in [0.25, 0.3) is 5.91 Å². The number of Topliss-reactive ketones (excluding diaryl/α,β-unsaturated/α-hetero) is 1. The minimum absolute atomic E-state index is 0.0483. The van der Waals surface area contributed by atoms with Crippen molar-refractivity contribution in [1.82, 2.24) is 9.88 Å². The summed E-state index contributed by atoms with van der Waals surface area (Å²) < 4.78 is 10.9. The van der Waals surface area contributed by atoms with Gasteiger partial charge in [0.2, 0.25) is 0 Å². The minimum Gasteiger partial charge on any atom is -0.497 e. The SMILES string of the molecule is COc1ccc([C@H]2CCCN2C(=O)c2[nH]c3c(c2C)C(=O)CC(C)(C)C3)c(OC)c1. The van der Waals surface area contributed by atoms with Gasteiger partial charge in [-0.15, -0.1) is 0 Å². The maximum absolute atomic E-state index is 13.6. The van der Waals surface area contributed by atoms with E-state index in [2.05, 4.69) is 18.8 Å². The number of amides is 1. The molecule has 2 heterocycles. The van der Waals surface area contributed by atoms with E-state index in [1.54, 1.807) is 14.2 Å². The minimum atomic E-state index is -0.0890. The first kappa shape index (κ1) is 20.5. The normalized spacial score (nSPS) is 20.2. The molecule has 1 saturated heterocycles. The monoisotopic (exact) mass is 410 g/mol. The Kier molecular flexibility index (Phi) is 5.12. The summed E-state index contributed by atoms with van der Waals surface area (Å²) in [5, 5.41) is 0. The Morgan fingerprint density at radius 1 is 1.20 bits per heavy atom. The molecule has 0 unspecified atom stereocenters. The van der Waals surface area contributed by atoms with E-state index >= 15 is 0 Å². The van der Waals surface area contributed by atoms with Gasteiger partial charge in [-0.3, -0.25) is 9.59 Å². The average molecular weight is 411 g/mol. The van der Waals surface area contributed by atoms with Crippen LogP contribution in [0.2, 0.25) is 0 Å². The summed E-state index contributed by atoms with van der Waals surface area (Å²) in [5.74, 6) is 1.52. The predicted octanol–water partition coefficient (Wildman–Crippen LogP) is 4.47. The topological polar surface area (TPSA) is 71.6 Å². The summed E-state index contributed by atoms with van der Waals surface area (Å²) in [6.45, 7) is 6.76. The van der Waals surface area contributed by atoms with Gasteiger partial charge in [-0.2, -0.15) is 0 Å². The van der Waals surface area contributed by atoms with E-state index in [1.807, 2.05) is 30.0 Å². The maximum atomic E-state index is 13.6. The van der Waals surface area contributed by atoms with Gasteiger partial charge in [-0.25, -0.2) is 0 Å². The second-order valence-electron chi connectivity index (χ2n) is 9.18. The average Bonchev–Trinajstić information content (AvgIpc) is 3.30. The molecule has 6 heteroatoms. The van der Waals surface area contributed by atoms with Crippen molar-refractivity contribution in [2.45, 2.75) is 52.5 Å². The lowest BCUT2D eigenvalue weighted by molar-refractivity contribution is 0.0727. The number of likely N-dealkylation sites (tertiary alicyclic amines) is 1. The van der Waals surface area contributed by atoms with Crippen LogP contribution in [0.25, 0.3) is 0 Å². The van der Waals surface area contributed by atoms with Crippen molar-refractivity contribution in [3.63, 3.8) is 0 Å². The molecule has 0 bridgehead atoms. The first-order chi connectivity index (χ1) is 14.3. The summed E-state index contributed by atoms with van der Waals surface area (Å²) >= 11 is 0. The summed E-state index contributed by atoms with van der Waals surface area (Å²) in [7, 11) is 3.26. The van der Waals surface area contributed by atoms with Crippen LogP contribution < -0.4 is 9.47 Å². The van der Waals surface area contributed by atoms with Crippen LogP contribution in [0.5, 0.6) is 11.5 Å². The van der Waals surface area contributed by atoms with Gasteiger partial charge >= 0.3 is 0 Å². The van der Waals surface area contributed by atoms with Crippen LogP contribution in [0.3, 0.4) is 0 Å². The number of ketones is 1. The standard InChI is InChI=1S/C24H30N2O4/c1-14-21-17(12-24(2,3)13-19(21)27)25-22(14)23(28)26-10-6-7-18(26)16-9-8-15(29-4)11-20(16)30-5/h8-9,11,18,25H,6-7,10,12-13H2,1-5H3/t18-/m1/s1. The fraction of sp³-hybridized carbons (Fsp3) is 0.500. The second kappa shape index (κ2) is 7.49. The number of fused-ring (bicyclic) bond motifs is 1. The van der Waals surface area contributed by atoms with Crippen LogP contribution in [-0.2, 0) is 6.42 Å². The highest BCUT2D eigenvalue weighted by atomic mass is 16.5. The highest BCUT2D eigenvalue weighted by Crippen LogP contribution is 2.41. The molecule has 1 atom stereocenters. The van der Waals surface area contributed by atoms with Gasteiger partial charge in [0.1, 0.15) is 17.2 Å². The van der Waals surface area contributed by atoms with E-state index in [0.29, 0.717) is 18.7 Å². The number of nitrogens with one attached hydrogen (secondary N) is 1. The van der Waals surface area contributed by atoms with E-state index in [0.717, 1.165) is 53.1 Å². The van der Waals surface area contributed by atoms with Gasteiger partial charge in [-0.1, -0.05) is 13.8 Å². The molecule has 2 aliphatic rings. The summed E-state index contributed by atoms with van der Waals surface area (Å²) in [4.78, 5) is 31.5. The predicted molar refractivity (Wildman–Crippen MR) is 115 cm³/mol. The lowest BCUT2D eigenvalue weighted by atomic mass is 9.75. The third-order valence-electron chi connectivity index (χ3n) is 6.43. The zero-order valence-electron chi connectivity index (χ0n) is 18.4. The van der Waals surface area contributed by atoms with Gasteiger partial charge in [0.15, 0.2) is 5.78 Å². The molecule has 1 N–H and O–H groups in total. The molecule has 1 aliphatic carbocycles. The van der Waals surface area contributed by atoms with Crippen LogP contribution in [0.15, 0.2) is 18.2 Å². The van der Waals surface area contributed by atoms with Gasteiger partial charge < -0.3 is 19.4 Å². The van der Waals surface area contributed by atoms with Gasteiger partial charge in [0, 0.05) is 35.9 Å². The molecule has 6 nitrogen and oxygen atoms in total. The highest BCUT2D eigenvalue weighted by molar-refractivity contribution is 6.04. The lowest BCUT2D eigenvalue weighted by Gasteiger charge is -2.28. The number of aromatic amines is 1. The van der Waals surface area contributed by atoms with Crippen LogP contribution in [-0.4, -0.2) is 42.3 Å². The van der Waals surface area contributed by atoms with E-state index in [1.165, 1.54) is 0 Å². The van der Waals surface area contributed by atoms with Crippen LogP contribution in [0.1, 0.15) is 76.8 Å². The Labute approximate surface area is 177 Å². The van der Waals surface area contributed by atoms with Gasteiger partial charge in [0.05, 0.1) is 20.3 Å². The molecule has 0 radical (unpaired) electrons. The third-order valence-corrected chi connectivity index (χ3v) is 6.43. The molecule has 0 spiro atoms. The fourth-order valence-corrected chi connectivity index (χ4v) is 5.02. The van der Waals surface area contributed by atoms with Crippen LogP contribution in [0, 0.1) is 12.3 Å². The van der Waals surface area contributed by atoms with Crippen LogP contribution >= 0.6 is 0 Å². The Bertz CT molecular complexity index is 1000. The first-order valence-electron chi connectivity index (χ1n) is 10.5. The largest absolute Gasteiger partial charge is 0.497 e. The van der Waals surface area contributed by atoms with E-state index in [9.17, 15) is 9.59 Å². The molecule has 1 aliphatic heterocycles. The van der Waals surface area contributed by atoms with Gasteiger partial charge in [-0.05, 0) is 49.3 Å². The molecule has 1 aromatic carbocycles. The number of H-pyrrole nitrogens is 1. The highest BCUT2D eigenvalue weighted by Gasteiger charge is 2.38. The molecular weight excluding hydrogens is 380 g/mol. The van der Waals surface area contributed by atoms with E-state index in [-0.39, 0.29) is 23.1 Å². The molecular formula is C24H30N2O4. The molecule has 1 aromatic heterocycles. The number of aromatic nitrogens is 1. The third kappa shape index (κ3) is 3.38. The van der Waals surface area contributed by atoms with Crippen molar-refractivity contribution in [1.29, 1.82) is 0 Å². The lowest BCUT2D eigenvalue weighted by Crippen LogP contribution is -2.31. The molecule has 30 heavy (non-hydrogen) atoms. The maximum Gasteiger partial charge on any atom is 0.271 e. The van der Waals surface area contributed by atoms with Crippen molar-refractivity contribution in [2.75, 3.05) is 20.8 Å². The van der Waals surface area contributed by atoms with Crippen molar-refractivity contribution in [2.24, 2.45) is 5.41 Å². The van der Waals surface area contributed by atoms with E-state index < -0.39 is 0 Å². The van der Waals surface area contributed by atoms with Crippen LogP contribution in [0.4, 0.5) is 0 Å². The number of hydrogen-bond acceptors (Lipinski definition) is 4. The van der Waals surface area contributed by atoms with Crippen molar-refractivity contribution in [3.05, 3.63) is 46.3 Å². The summed E-state index contributed by atoms with van der Waals surface area (Å²) in [5.41, 5.74) is 3.84. The molecule has 4 rings (SSSR count). The number of carbonyl (C=O) groups is 2. The van der Waals surface area contributed by atoms with E-state index in [4.69, 9.17) is 9.47 Å². The Hall–Kier alpha value is -2.76. The fourth-order valence-electron chi connectivity index (χ4n) is 5.02. The summed E-state index contributed by atoms with van der Waals surface area (Å²) in [6.07, 6.45) is 3.09. The number of nitrogens with zero attached hydrogens (tertiary/aromatic N) is 1. The molecule has 160 valence electrons. The first-order valence-corrected chi connectivity index (χ1v) is 10.5. The molecule has 2 aromatic rings. The number of carbonyl (C=O) groups excluding carboxylic acids is 2. The summed E-state index contributed by atoms with van der Waals surface area (Å²) in [6, 6.07) is 5.67. The number of benzene rings is 1. The Morgan fingerprint density at radius 2 is 1.97 bits per heavy atom. The quantitative estimate of drug-likeness (QED) is 0.807. The number of hydrogen-bond donors (Lipinski definition) is 1. The molecule has 1 amide bonds. The zero-order chi connectivity index (χ0) is 21.6. The van der Waals surface area contributed by atoms with Crippen molar-refractivity contribution < 1.29 is 19.1 Å². The molecule has 0 saturated carbocycles. The number of ether oxygens (including phenoxy) is 2. The second-order valence-corrected chi connectivity index (χ2v) is 9.18. The number of methoxy groups -OCH3 is 2. The zero-order valence-corrected chi connectivity index (χ0v) is 18.4. The number of rotatable bonds is 4. The van der Waals surface area contributed by atoms with Crippen molar-refractivity contribution >= 4 is 11.7 Å². The smallest absolute Gasteiger partial charge is 0.271 e. The Balaban J connectivity index is 1.68. The molecule has 1 fully saturated rings. The van der Waals surface area contributed by atoms with Crippen molar-refractivity contribution in [3.8, 4) is 11.5 Å².